The minimum absolute atomic E-state index is 0.0524. The largest absolute Gasteiger partial charge is 0.344 e. The number of nitriles is 1. The van der Waals surface area contributed by atoms with Crippen LogP contribution in [0.25, 0.3) is 0 Å². The molecule has 3 nitrogen and oxygen atoms in total. The smallest absolute Gasteiger partial charge is 0.126 e. The van der Waals surface area contributed by atoms with E-state index in [9.17, 15) is 0 Å². The van der Waals surface area contributed by atoms with Gasteiger partial charge in [-0.05, 0) is 13.8 Å². The van der Waals surface area contributed by atoms with Crippen LogP contribution in [0.15, 0.2) is 6.20 Å². The Hall–Kier alpha value is -1.30. The molecule has 0 radical (unpaired) electrons. The van der Waals surface area contributed by atoms with Crippen LogP contribution in [-0.2, 0) is 10.8 Å². The van der Waals surface area contributed by atoms with Crippen molar-refractivity contribution in [2.24, 2.45) is 0 Å². The van der Waals surface area contributed by atoms with Gasteiger partial charge in [-0.3, -0.25) is 0 Å². The van der Waals surface area contributed by atoms with Gasteiger partial charge in [0.15, 0.2) is 0 Å². The summed E-state index contributed by atoms with van der Waals surface area (Å²) in [4.78, 5) is 7.46. The standard InChI is InChI=1S/C11H17N3/c1-10(2,3)8-6-13-9(14-8)11(4,5)7-12/h6H,1-5H3,(H,13,14). The average Bonchev–Trinajstić information content (AvgIpc) is 2.51. The van der Waals surface area contributed by atoms with Gasteiger partial charge in [0.25, 0.3) is 0 Å². The molecule has 3 heteroatoms. The van der Waals surface area contributed by atoms with Crippen molar-refractivity contribution in [2.45, 2.75) is 45.4 Å². The van der Waals surface area contributed by atoms with Crippen molar-refractivity contribution in [2.75, 3.05) is 0 Å². The summed E-state index contributed by atoms with van der Waals surface area (Å²) in [6.07, 6.45) is 1.81. The van der Waals surface area contributed by atoms with Crippen molar-refractivity contribution in [1.82, 2.24) is 9.97 Å². The third-order valence-corrected chi connectivity index (χ3v) is 2.26. The predicted octanol–water partition coefficient (Wildman–Crippen LogP) is 2.51. The van der Waals surface area contributed by atoms with Gasteiger partial charge in [0.1, 0.15) is 11.2 Å². The highest BCUT2D eigenvalue weighted by molar-refractivity contribution is 5.21. The number of H-pyrrole nitrogens is 1. The molecule has 1 heterocycles. The summed E-state index contributed by atoms with van der Waals surface area (Å²) in [6, 6.07) is 2.23. The average molecular weight is 191 g/mol. The number of rotatable bonds is 1. The molecule has 0 aromatic carbocycles. The minimum Gasteiger partial charge on any atom is -0.344 e. The molecule has 1 rings (SSSR count). The van der Waals surface area contributed by atoms with E-state index in [4.69, 9.17) is 5.26 Å². The van der Waals surface area contributed by atoms with Crippen molar-refractivity contribution in [3.63, 3.8) is 0 Å². The SMILES string of the molecule is CC(C)(C)c1cnc(C(C)(C)C#N)[nH]1. The fourth-order valence-corrected chi connectivity index (χ4v) is 1.07. The third kappa shape index (κ3) is 1.95. The molecule has 1 aromatic heterocycles. The number of nitrogens with one attached hydrogen (secondary N) is 1. The number of imidazole rings is 1. The first-order valence-corrected chi connectivity index (χ1v) is 4.74. The Labute approximate surface area is 85.2 Å². The van der Waals surface area contributed by atoms with Crippen LogP contribution in [0.1, 0.15) is 46.1 Å². The van der Waals surface area contributed by atoms with Gasteiger partial charge in [0.2, 0.25) is 0 Å². The van der Waals surface area contributed by atoms with Crippen LogP contribution in [0.3, 0.4) is 0 Å². The van der Waals surface area contributed by atoms with Crippen molar-refractivity contribution in [3.05, 3.63) is 17.7 Å². The number of aromatic nitrogens is 2. The highest BCUT2D eigenvalue weighted by atomic mass is 14.9. The molecule has 1 aromatic rings. The van der Waals surface area contributed by atoms with E-state index in [0.717, 1.165) is 11.5 Å². The molecule has 0 atom stereocenters. The van der Waals surface area contributed by atoms with Crippen molar-refractivity contribution in [1.29, 1.82) is 5.26 Å². The first-order chi connectivity index (χ1) is 6.27. The Bertz CT molecular complexity index is 361. The van der Waals surface area contributed by atoms with Crippen molar-refractivity contribution < 1.29 is 0 Å². The summed E-state index contributed by atoms with van der Waals surface area (Å²) in [5, 5.41) is 8.95. The van der Waals surface area contributed by atoms with Crippen LogP contribution >= 0.6 is 0 Å². The van der Waals surface area contributed by atoms with Gasteiger partial charge in [-0.25, -0.2) is 4.98 Å². The Balaban J connectivity index is 3.08. The summed E-state index contributed by atoms with van der Waals surface area (Å²) >= 11 is 0. The first kappa shape index (κ1) is 10.8. The number of aromatic amines is 1. The summed E-state index contributed by atoms with van der Waals surface area (Å²) in [7, 11) is 0. The molecule has 76 valence electrons. The van der Waals surface area contributed by atoms with Gasteiger partial charge >= 0.3 is 0 Å². The molecular weight excluding hydrogens is 174 g/mol. The second-order valence-electron chi connectivity index (χ2n) is 5.13. The minimum atomic E-state index is -0.538. The highest BCUT2D eigenvalue weighted by Gasteiger charge is 2.25. The Morgan fingerprint density at radius 3 is 2.21 bits per heavy atom. The molecule has 0 fully saturated rings. The highest BCUT2D eigenvalue weighted by Crippen LogP contribution is 2.24. The second kappa shape index (κ2) is 3.13. The van der Waals surface area contributed by atoms with Crippen LogP contribution in [0, 0.1) is 11.3 Å². The maximum absolute atomic E-state index is 8.95. The van der Waals surface area contributed by atoms with E-state index in [1.807, 2.05) is 20.0 Å². The second-order valence-corrected chi connectivity index (χ2v) is 5.13. The van der Waals surface area contributed by atoms with Gasteiger partial charge in [0, 0.05) is 17.3 Å². The Morgan fingerprint density at radius 1 is 1.29 bits per heavy atom. The molecule has 0 unspecified atom stereocenters. The van der Waals surface area contributed by atoms with E-state index in [1.165, 1.54) is 0 Å². The maximum atomic E-state index is 8.95. The van der Waals surface area contributed by atoms with E-state index in [-0.39, 0.29) is 5.41 Å². The molecule has 0 amide bonds. The topological polar surface area (TPSA) is 52.5 Å². The fraction of sp³-hybridized carbons (Fsp3) is 0.636. The van der Waals surface area contributed by atoms with E-state index in [0.29, 0.717) is 0 Å². The quantitative estimate of drug-likeness (QED) is 0.741. The van der Waals surface area contributed by atoms with Crippen LogP contribution in [-0.4, -0.2) is 9.97 Å². The molecule has 1 N–H and O–H groups in total. The van der Waals surface area contributed by atoms with Gasteiger partial charge < -0.3 is 4.98 Å². The van der Waals surface area contributed by atoms with Crippen molar-refractivity contribution >= 4 is 0 Å². The summed E-state index contributed by atoms with van der Waals surface area (Å²) in [5.74, 6) is 0.741. The van der Waals surface area contributed by atoms with Gasteiger partial charge in [-0.1, -0.05) is 20.8 Å². The lowest BCUT2D eigenvalue weighted by Crippen LogP contribution is -2.17. The van der Waals surface area contributed by atoms with Crippen molar-refractivity contribution in [3.8, 4) is 6.07 Å². The van der Waals surface area contributed by atoms with E-state index < -0.39 is 5.41 Å². The molecule has 0 saturated carbocycles. The number of hydrogen-bond acceptors (Lipinski definition) is 2. The summed E-state index contributed by atoms with van der Waals surface area (Å²) in [5.41, 5.74) is 0.580. The number of hydrogen-bond donors (Lipinski definition) is 1. The zero-order valence-corrected chi connectivity index (χ0v) is 9.47. The van der Waals surface area contributed by atoms with Gasteiger partial charge in [-0.15, -0.1) is 0 Å². The van der Waals surface area contributed by atoms with Crippen LogP contribution in [0.5, 0.6) is 0 Å². The maximum Gasteiger partial charge on any atom is 0.126 e. The molecule has 0 aliphatic carbocycles. The lowest BCUT2D eigenvalue weighted by atomic mass is 9.92. The number of nitrogens with zero attached hydrogens (tertiary/aromatic N) is 2. The molecule has 14 heavy (non-hydrogen) atoms. The zero-order chi connectivity index (χ0) is 11.0. The monoisotopic (exact) mass is 191 g/mol. The lowest BCUT2D eigenvalue weighted by Gasteiger charge is -2.16. The van der Waals surface area contributed by atoms with E-state index in [1.54, 1.807) is 0 Å². The normalized spacial score (nSPS) is 12.6. The molecule has 0 aliphatic rings. The fourth-order valence-electron chi connectivity index (χ4n) is 1.07. The van der Waals surface area contributed by atoms with E-state index >= 15 is 0 Å². The molecule has 0 spiro atoms. The van der Waals surface area contributed by atoms with Gasteiger partial charge in [-0.2, -0.15) is 5.26 Å². The summed E-state index contributed by atoms with van der Waals surface area (Å²) in [6.45, 7) is 10.1. The Kier molecular flexibility index (Phi) is 2.41. The third-order valence-electron chi connectivity index (χ3n) is 2.26. The van der Waals surface area contributed by atoms with Crippen LogP contribution in [0.4, 0.5) is 0 Å². The van der Waals surface area contributed by atoms with Crippen LogP contribution in [0.2, 0.25) is 0 Å². The van der Waals surface area contributed by atoms with E-state index in [2.05, 4.69) is 36.8 Å². The molecular formula is C11H17N3. The van der Waals surface area contributed by atoms with Gasteiger partial charge in [0.05, 0.1) is 6.07 Å². The molecule has 0 aliphatic heterocycles. The zero-order valence-electron chi connectivity index (χ0n) is 9.47. The summed E-state index contributed by atoms with van der Waals surface area (Å²) < 4.78 is 0. The first-order valence-electron chi connectivity index (χ1n) is 4.74. The molecule has 0 bridgehead atoms. The molecule has 0 saturated heterocycles. The predicted molar refractivity (Wildman–Crippen MR) is 55.9 cm³/mol. The Morgan fingerprint density at radius 2 is 1.86 bits per heavy atom. The lowest BCUT2D eigenvalue weighted by molar-refractivity contribution is 0.563. The van der Waals surface area contributed by atoms with Crippen LogP contribution < -0.4 is 0 Å².